The van der Waals surface area contributed by atoms with E-state index in [0.29, 0.717) is 19.6 Å². The third-order valence-electron chi connectivity index (χ3n) is 3.26. The summed E-state index contributed by atoms with van der Waals surface area (Å²) in [5, 5.41) is 12.8. The normalized spacial score (nSPS) is 18.7. The smallest absolute Gasteiger partial charge is 0.258 e. The lowest BCUT2D eigenvalue weighted by Crippen LogP contribution is -2.59. The quantitative estimate of drug-likeness (QED) is 0.746. The summed E-state index contributed by atoms with van der Waals surface area (Å²) in [5.74, 6) is -0.669. The van der Waals surface area contributed by atoms with E-state index < -0.39 is 6.04 Å². The minimum atomic E-state index is -0.557. The van der Waals surface area contributed by atoms with Gasteiger partial charge in [0.25, 0.3) is 5.91 Å². The Hall–Kier alpha value is -2.15. The van der Waals surface area contributed by atoms with E-state index in [2.05, 4.69) is 10.3 Å². The Morgan fingerprint density at radius 3 is 2.90 bits per heavy atom. The minimum absolute atomic E-state index is 0.140. The summed E-state index contributed by atoms with van der Waals surface area (Å²) in [6, 6.07) is 0.899. The highest BCUT2D eigenvalue weighted by atomic mass is 16.3. The van der Waals surface area contributed by atoms with Gasteiger partial charge < -0.3 is 20.2 Å². The molecule has 0 bridgehead atoms. The fraction of sp³-hybridized carbons (Fsp3) is 0.462. The van der Waals surface area contributed by atoms with Crippen LogP contribution in [0.1, 0.15) is 10.4 Å². The van der Waals surface area contributed by atoms with Gasteiger partial charge in [-0.1, -0.05) is 0 Å². The Labute approximate surface area is 117 Å². The summed E-state index contributed by atoms with van der Waals surface area (Å²) in [5.41, 5.74) is 0.165. The molecule has 0 spiro atoms. The third-order valence-corrected chi connectivity index (χ3v) is 3.26. The van der Waals surface area contributed by atoms with Gasteiger partial charge in [0.15, 0.2) is 0 Å². The lowest BCUT2D eigenvalue weighted by atomic mass is 10.1. The molecule has 1 fully saturated rings. The summed E-state index contributed by atoms with van der Waals surface area (Å²) in [6.45, 7) is 1.45. The van der Waals surface area contributed by atoms with E-state index in [4.69, 9.17) is 0 Å². The number of likely N-dealkylation sites (N-methyl/N-ethyl adjacent to an activating group) is 1. The van der Waals surface area contributed by atoms with Gasteiger partial charge in [-0.15, -0.1) is 0 Å². The van der Waals surface area contributed by atoms with Crippen LogP contribution in [0.5, 0.6) is 5.75 Å². The van der Waals surface area contributed by atoms with Gasteiger partial charge >= 0.3 is 0 Å². The van der Waals surface area contributed by atoms with E-state index in [1.165, 1.54) is 28.3 Å². The van der Waals surface area contributed by atoms with Crippen LogP contribution < -0.4 is 5.32 Å². The number of piperazine rings is 1. The van der Waals surface area contributed by atoms with Gasteiger partial charge in [-0.05, 0) is 6.07 Å². The van der Waals surface area contributed by atoms with Crippen molar-refractivity contribution in [1.82, 2.24) is 20.1 Å². The maximum Gasteiger partial charge on any atom is 0.258 e. The first-order valence-corrected chi connectivity index (χ1v) is 6.38. The summed E-state index contributed by atoms with van der Waals surface area (Å²) in [7, 11) is 3.31. The number of rotatable bonds is 2. The number of carbonyl (C=O) groups is 2. The molecular weight excluding hydrogens is 260 g/mol. The fourth-order valence-electron chi connectivity index (χ4n) is 2.19. The van der Waals surface area contributed by atoms with Crippen LogP contribution in [-0.2, 0) is 4.79 Å². The molecule has 0 saturated carbocycles. The molecule has 2 rings (SSSR count). The minimum Gasteiger partial charge on any atom is -0.505 e. The molecule has 1 saturated heterocycles. The summed E-state index contributed by atoms with van der Waals surface area (Å²) >= 11 is 0. The van der Waals surface area contributed by atoms with E-state index in [-0.39, 0.29) is 23.1 Å². The predicted octanol–water partition coefficient (Wildman–Crippen LogP) is -0.711. The van der Waals surface area contributed by atoms with Crippen molar-refractivity contribution in [3.05, 3.63) is 24.0 Å². The number of pyridine rings is 1. The first-order valence-electron chi connectivity index (χ1n) is 6.38. The summed E-state index contributed by atoms with van der Waals surface area (Å²) < 4.78 is 0. The van der Waals surface area contributed by atoms with Crippen LogP contribution in [0.4, 0.5) is 0 Å². The molecule has 20 heavy (non-hydrogen) atoms. The summed E-state index contributed by atoms with van der Waals surface area (Å²) in [6.07, 6.45) is 2.66. The lowest BCUT2D eigenvalue weighted by Gasteiger charge is -2.36. The molecule has 0 aliphatic carbocycles. The number of hydrogen-bond donors (Lipinski definition) is 2. The molecule has 1 atom stereocenters. The molecule has 1 aliphatic heterocycles. The predicted molar refractivity (Wildman–Crippen MR) is 72.3 cm³/mol. The van der Waals surface area contributed by atoms with Gasteiger partial charge in [0, 0.05) is 39.9 Å². The van der Waals surface area contributed by atoms with Gasteiger partial charge in [0.05, 0.1) is 11.8 Å². The molecule has 2 N–H and O–H groups in total. The number of nitrogens with zero attached hydrogens (tertiary/aromatic N) is 3. The highest BCUT2D eigenvalue weighted by Gasteiger charge is 2.34. The molecule has 1 unspecified atom stereocenters. The molecular formula is C13H18N4O3. The van der Waals surface area contributed by atoms with Gasteiger partial charge in [-0.2, -0.15) is 0 Å². The lowest BCUT2D eigenvalue weighted by molar-refractivity contribution is -0.134. The van der Waals surface area contributed by atoms with E-state index >= 15 is 0 Å². The first kappa shape index (κ1) is 14.3. The SMILES string of the molecule is CN(C)C(=O)C1CNCCN1C(=O)c1ccncc1O. The zero-order valence-corrected chi connectivity index (χ0v) is 11.5. The molecule has 1 aliphatic rings. The van der Waals surface area contributed by atoms with Gasteiger partial charge in [0.1, 0.15) is 11.8 Å². The second-order valence-corrected chi connectivity index (χ2v) is 4.84. The monoisotopic (exact) mass is 278 g/mol. The van der Waals surface area contributed by atoms with Gasteiger partial charge in [-0.25, -0.2) is 0 Å². The molecule has 0 radical (unpaired) electrons. The fourth-order valence-corrected chi connectivity index (χ4v) is 2.19. The van der Waals surface area contributed by atoms with Crippen molar-refractivity contribution in [1.29, 1.82) is 0 Å². The molecule has 2 amide bonds. The molecule has 1 aromatic rings. The Morgan fingerprint density at radius 2 is 2.25 bits per heavy atom. The van der Waals surface area contributed by atoms with Crippen molar-refractivity contribution in [2.75, 3.05) is 33.7 Å². The van der Waals surface area contributed by atoms with Crippen molar-refractivity contribution in [3.63, 3.8) is 0 Å². The molecule has 2 heterocycles. The van der Waals surface area contributed by atoms with Crippen molar-refractivity contribution in [2.45, 2.75) is 6.04 Å². The van der Waals surface area contributed by atoms with Crippen molar-refractivity contribution < 1.29 is 14.7 Å². The second kappa shape index (κ2) is 5.87. The zero-order chi connectivity index (χ0) is 14.7. The van der Waals surface area contributed by atoms with Crippen LogP contribution in [0.15, 0.2) is 18.5 Å². The highest BCUT2D eigenvalue weighted by Crippen LogP contribution is 2.19. The van der Waals surface area contributed by atoms with Crippen LogP contribution in [0, 0.1) is 0 Å². The molecule has 7 heteroatoms. The molecule has 108 valence electrons. The van der Waals surface area contributed by atoms with Crippen LogP contribution in [0.3, 0.4) is 0 Å². The largest absolute Gasteiger partial charge is 0.505 e. The number of aromatic hydroxyl groups is 1. The second-order valence-electron chi connectivity index (χ2n) is 4.84. The first-order chi connectivity index (χ1) is 9.52. The van der Waals surface area contributed by atoms with Gasteiger partial charge in [0.2, 0.25) is 5.91 Å². The molecule has 1 aromatic heterocycles. The van der Waals surface area contributed by atoms with Crippen LogP contribution in [0.25, 0.3) is 0 Å². The number of hydrogen-bond acceptors (Lipinski definition) is 5. The highest BCUT2D eigenvalue weighted by molar-refractivity contribution is 5.99. The van der Waals surface area contributed by atoms with E-state index in [1.54, 1.807) is 14.1 Å². The Kier molecular flexibility index (Phi) is 4.19. The molecule has 7 nitrogen and oxygen atoms in total. The Bertz CT molecular complexity index is 518. The van der Waals surface area contributed by atoms with Crippen molar-refractivity contribution >= 4 is 11.8 Å². The average Bonchev–Trinajstić information content (AvgIpc) is 2.46. The number of aromatic nitrogens is 1. The maximum atomic E-state index is 12.5. The maximum absolute atomic E-state index is 12.5. The van der Waals surface area contributed by atoms with Crippen molar-refractivity contribution in [2.24, 2.45) is 0 Å². The van der Waals surface area contributed by atoms with E-state index in [1.807, 2.05) is 0 Å². The van der Waals surface area contributed by atoms with Crippen LogP contribution in [-0.4, -0.2) is 71.5 Å². The van der Waals surface area contributed by atoms with Crippen LogP contribution >= 0.6 is 0 Å². The van der Waals surface area contributed by atoms with E-state index in [0.717, 1.165) is 0 Å². The average molecular weight is 278 g/mol. The van der Waals surface area contributed by atoms with E-state index in [9.17, 15) is 14.7 Å². The van der Waals surface area contributed by atoms with Gasteiger partial charge in [-0.3, -0.25) is 14.6 Å². The van der Waals surface area contributed by atoms with Crippen molar-refractivity contribution in [3.8, 4) is 5.75 Å². The standard InChI is InChI=1S/C13H18N4O3/c1-16(2)13(20)10-7-15-5-6-17(10)12(19)9-3-4-14-8-11(9)18/h3-4,8,10,15,18H,5-7H2,1-2H3. The third kappa shape index (κ3) is 2.72. The Balaban J connectivity index is 2.26. The number of amides is 2. The number of nitrogens with one attached hydrogen (secondary N) is 1. The van der Waals surface area contributed by atoms with Crippen LogP contribution in [0.2, 0.25) is 0 Å². The zero-order valence-electron chi connectivity index (χ0n) is 11.5. The topological polar surface area (TPSA) is 85.8 Å². The molecule has 0 aromatic carbocycles. The number of carbonyl (C=O) groups excluding carboxylic acids is 2. The Morgan fingerprint density at radius 1 is 1.50 bits per heavy atom. The summed E-state index contributed by atoms with van der Waals surface area (Å²) in [4.78, 5) is 31.3.